The SMILES string of the molecule is Cc1cc(C=C2C(=O)NC(=S)N(c3ccc(Oc4ccccc4)cc3)C2=O)c(C)n1-n1cnnc1. The van der Waals surface area contributed by atoms with Crippen LogP contribution in [0.3, 0.4) is 0 Å². The molecule has 0 saturated carbocycles. The molecule has 1 saturated heterocycles. The number of para-hydroxylation sites is 1. The van der Waals surface area contributed by atoms with Gasteiger partial charge in [-0.05, 0) is 80.2 Å². The number of aryl methyl sites for hydroxylation is 1. The summed E-state index contributed by atoms with van der Waals surface area (Å²) in [6.07, 6.45) is 4.71. The smallest absolute Gasteiger partial charge is 0.270 e. The van der Waals surface area contributed by atoms with Crippen molar-refractivity contribution < 1.29 is 14.3 Å². The molecule has 1 N–H and O–H groups in total. The molecule has 5 rings (SSSR count). The lowest BCUT2D eigenvalue weighted by molar-refractivity contribution is -0.122. The summed E-state index contributed by atoms with van der Waals surface area (Å²) in [5, 5.41) is 10.3. The molecule has 2 aromatic heterocycles. The van der Waals surface area contributed by atoms with Crippen LogP contribution in [0.15, 0.2) is 78.9 Å². The van der Waals surface area contributed by atoms with Gasteiger partial charge in [-0.15, -0.1) is 10.2 Å². The predicted octanol–water partition coefficient (Wildman–Crippen LogP) is 3.63. The second kappa shape index (κ2) is 8.99. The molecule has 1 aliphatic rings. The Morgan fingerprint density at radius 1 is 0.943 bits per heavy atom. The van der Waals surface area contributed by atoms with Crippen LogP contribution in [-0.2, 0) is 9.59 Å². The van der Waals surface area contributed by atoms with Crippen LogP contribution in [0.4, 0.5) is 5.69 Å². The molecule has 0 atom stereocenters. The predicted molar refractivity (Wildman–Crippen MR) is 134 cm³/mol. The zero-order valence-corrected chi connectivity index (χ0v) is 19.7. The van der Waals surface area contributed by atoms with Crippen molar-refractivity contribution in [1.29, 1.82) is 0 Å². The van der Waals surface area contributed by atoms with Gasteiger partial charge in [-0.2, -0.15) is 0 Å². The molecular formula is C25H20N6O3S. The van der Waals surface area contributed by atoms with Gasteiger partial charge in [0.1, 0.15) is 29.7 Å². The Kier molecular flexibility index (Phi) is 5.71. The lowest BCUT2D eigenvalue weighted by atomic mass is 10.1. The van der Waals surface area contributed by atoms with Crippen molar-refractivity contribution in [3.63, 3.8) is 0 Å². The van der Waals surface area contributed by atoms with Crippen LogP contribution in [0.1, 0.15) is 17.0 Å². The molecule has 3 heterocycles. The number of ether oxygens (including phenoxy) is 1. The number of hydrogen-bond acceptors (Lipinski definition) is 6. The average molecular weight is 485 g/mol. The van der Waals surface area contributed by atoms with Gasteiger partial charge in [0, 0.05) is 11.4 Å². The zero-order chi connectivity index (χ0) is 24.5. The topological polar surface area (TPSA) is 94.3 Å². The lowest BCUT2D eigenvalue weighted by Crippen LogP contribution is -2.54. The number of amides is 2. The highest BCUT2D eigenvalue weighted by Gasteiger charge is 2.34. The van der Waals surface area contributed by atoms with E-state index in [1.807, 2.05) is 54.9 Å². The highest BCUT2D eigenvalue weighted by molar-refractivity contribution is 7.80. The molecule has 0 aliphatic carbocycles. The van der Waals surface area contributed by atoms with E-state index < -0.39 is 11.8 Å². The van der Waals surface area contributed by atoms with Crippen molar-refractivity contribution in [2.24, 2.45) is 0 Å². The third-order valence-corrected chi connectivity index (χ3v) is 5.83. The molecule has 1 fully saturated rings. The van der Waals surface area contributed by atoms with E-state index in [9.17, 15) is 9.59 Å². The van der Waals surface area contributed by atoms with Crippen LogP contribution in [0.5, 0.6) is 11.5 Å². The maximum absolute atomic E-state index is 13.4. The molecule has 0 radical (unpaired) electrons. The first kappa shape index (κ1) is 22.2. The summed E-state index contributed by atoms with van der Waals surface area (Å²) >= 11 is 5.32. The molecule has 0 spiro atoms. The fourth-order valence-electron chi connectivity index (χ4n) is 3.91. The molecule has 174 valence electrons. The summed E-state index contributed by atoms with van der Waals surface area (Å²) < 4.78 is 9.42. The second-order valence-corrected chi connectivity index (χ2v) is 8.23. The van der Waals surface area contributed by atoms with Crippen molar-refractivity contribution in [3.8, 4) is 11.5 Å². The monoisotopic (exact) mass is 484 g/mol. The van der Waals surface area contributed by atoms with Gasteiger partial charge in [-0.25, -0.2) is 4.68 Å². The molecular weight excluding hydrogens is 464 g/mol. The molecule has 35 heavy (non-hydrogen) atoms. The first-order chi connectivity index (χ1) is 16.9. The number of nitrogens with one attached hydrogen (secondary N) is 1. The Balaban J connectivity index is 1.44. The van der Waals surface area contributed by atoms with Crippen LogP contribution < -0.4 is 15.0 Å². The Morgan fingerprint density at radius 3 is 2.29 bits per heavy atom. The van der Waals surface area contributed by atoms with E-state index in [4.69, 9.17) is 17.0 Å². The van der Waals surface area contributed by atoms with Crippen LogP contribution in [0, 0.1) is 13.8 Å². The maximum atomic E-state index is 13.4. The van der Waals surface area contributed by atoms with E-state index in [0.29, 0.717) is 22.7 Å². The number of carbonyl (C=O) groups is 2. The first-order valence-electron chi connectivity index (χ1n) is 10.7. The standard InChI is InChI=1S/C25H20N6O3S/c1-16-12-18(17(2)31(16)29-14-26-27-15-29)13-22-23(32)28-25(35)30(24(22)33)19-8-10-21(11-9-19)34-20-6-4-3-5-7-20/h3-15H,1-2H3,(H,28,32,35). The van der Waals surface area contributed by atoms with Gasteiger partial charge in [0.25, 0.3) is 11.8 Å². The number of aromatic nitrogens is 4. The van der Waals surface area contributed by atoms with E-state index in [-0.39, 0.29) is 10.7 Å². The zero-order valence-electron chi connectivity index (χ0n) is 18.9. The Morgan fingerprint density at radius 2 is 1.60 bits per heavy atom. The van der Waals surface area contributed by atoms with Gasteiger partial charge in [0.15, 0.2) is 5.11 Å². The minimum Gasteiger partial charge on any atom is -0.457 e. The number of hydrogen-bond donors (Lipinski definition) is 1. The molecule has 10 heteroatoms. The number of benzene rings is 2. The second-order valence-electron chi connectivity index (χ2n) is 7.85. The highest BCUT2D eigenvalue weighted by atomic mass is 32.1. The number of thiocarbonyl (C=S) groups is 1. The van der Waals surface area contributed by atoms with Gasteiger partial charge in [-0.3, -0.25) is 24.5 Å². The van der Waals surface area contributed by atoms with Gasteiger partial charge in [0.2, 0.25) is 0 Å². The summed E-state index contributed by atoms with van der Waals surface area (Å²) in [5.41, 5.74) is 2.92. The van der Waals surface area contributed by atoms with Crippen molar-refractivity contribution in [2.45, 2.75) is 13.8 Å². The molecule has 2 aromatic carbocycles. The summed E-state index contributed by atoms with van der Waals surface area (Å²) in [7, 11) is 0. The molecule has 0 unspecified atom stereocenters. The first-order valence-corrected chi connectivity index (χ1v) is 11.1. The van der Waals surface area contributed by atoms with Crippen LogP contribution in [0.25, 0.3) is 6.08 Å². The fourth-order valence-corrected chi connectivity index (χ4v) is 4.19. The normalized spacial score (nSPS) is 15.0. The third kappa shape index (κ3) is 4.22. The summed E-state index contributed by atoms with van der Waals surface area (Å²) in [6, 6.07) is 18.2. The number of carbonyl (C=O) groups excluding carboxylic acids is 2. The van der Waals surface area contributed by atoms with Gasteiger partial charge in [-0.1, -0.05) is 18.2 Å². The maximum Gasteiger partial charge on any atom is 0.270 e. The quantitative estimate of drug-likeness (QED) is 0.264. The van der Waals surface area contributed by atoms with Crippen LogP contribution >= 0.6 is 12.2 Å². The van der Waals surface area contributed by atoms with Gasteiger partial charge >= 0.3 is 0 Å². The van der Waals surface area contributed by atoms with Crippen LogP contribution in [-0.4, -0.2) is 36.5 Å². The summed E-state index contributed by atoms with van der Waals surface area (Å²) in [5.74, 6) is 0.252. The molecule has 9 nitrogen and oxygen atoms in total. The molecule has 0 bridgehead atoms. The summed E-state index contributed by atoms with van der Waals surface area (Å²) in [6.45, 7) is 3.80. The minimum absolute atomic E-state index is 0.0174. The summed E-state index contributed by atoms with van der Waals surface area (Å²) in [4.78, 5) is 27.4. The minimum atomic E-state index is -0.547. The van der Waals surface area contributed by atoms with Gasteiger partial charge in [0.05, 0.1) is 5.69 Å². The van der Waals surface area contributed by atoms with Crippen molar-refractivity contribution >= 4 is 40.9 Å². The van der Waals surface area contributed by atoms with E-state index in [2.05, 4.69) is 15.5 Å². The van der Waals surface area contributed by atoms with E-state index >= 15 is 0 Å². The highest BCUT2D eigenvalue weighted by Crippen LogP contribution is 2.27. The van der Waals surface area contributed by atoms with Crippen LogP contribution in [0.2, 0.25) is 0 Å². The molecule has 4 aromatic rings. The Hall–Kier alpha value is -4.57. The Bertz CT molecular complexity index is 1460. The van der Waals surface area contributed by atoms with E-state index in [1.54, 1.807) is 47.7 Å². The number of rotatable bonds is 5. The molecule has 2 amide bonds. The average Bonchev–Trinajstić information content (AvgIpc) is 3.46. The van der Waals surface area contributed by atoms with Crippen molar-refractivity contribution in [2.75, 3.05) is 4.90 Å². The number of nitrogens with zero attached hydrogens (tertiary/aromatic N) is 5. The fraction of sp³-hybridized carbons (Fsp3) is 0.0800. The van der Waals surface area contributed by atoms with Crippen molar-refractivity contribution in [1.82, 2.24) is 24.9 Å². The third-order valence-electron chi connectivity index (χ3n) is 5.55. The number of anilines is 1. The van der Waals surface area contributed by atoms with Crippen molar-refractivity contribution in [3.05, 3.63) is 95.8 Å². The van der Waals surface area contributed by atoms with E-state index in [0.717, 1.165) is 11.4 Å². The Labute approximate surface area is 206 Å². The largest absolute Gasteiger partial charge is 0.457 e. The van der Waals surface area contributed by atoms with Gasteiger partial charge < -0.3 is 4.74 Å². The lowest BCUT2D eigenvalue weighted by Gasteiger charge is -2.29. The van der Waals surface area contributed by atoms with E-state index in [1.165, 1.54) is 4.90 Å². The molecule has 1 aliphatic heterocycles.